The Hall–Kier alpha value is -1.63. The third-order valence-corrected chi connectivity index (χ3v) is 4.47. The Morgan fingerprint density at radius 1 is 1.38 bits per heavy atom. The van der Waals surface area contributed by atoms with E-state index in [2.05, 4.69) is 31.3 Å². The SMILES string of the molecule is Cc1nn(CCC(=O)NCCCn2ccnc2)c(C)c1Br. The van der Waals surface area contributed by atoms with Crippen LogP contribution in [-0.4, -0.2) is 31.8 Å². The zero-order valence-electron chi connectivity index (χ0n) is 12.3. The highest BCUT2D eigenvalue weighted by molar-refractivity contribution is 9.10. The Morgan fingerprint density at radius 3 is 2.81 bits per heavy atom. The Bertz CT molecular complexity index is 591. The van der Waals surface area contributed by atoms with Gasteiger partial charge in [0.15, 0.2) is 0 Å². The van der Waals surface area contributed by atoms with Crippen molar-refractivity contribution in [2.24, 2.45) is 0 Å². The Labute approximate surface area is 132 Å². The molecule has 0 radical (unpaired) electrons. The number of halogens is 1. The van der Waals surface area contributed by atoms with Crippen LogP contribution in [-0.2, 0) is 17.9 Å². The van der Waals surface area contributed by atoms with Crippen LogP contribution in [0.1, 0.15) is 24.2 Å². The number of rotatable bonds is 7. The lowest BCUT2D eigenvalue weighted by Gasteiger charge is -2.07. The first kappa shape index (κ1) is 15.8. The highest BCUT2D eigenvalue weighted by atomic mass is 79.9. The fourth-order valence-electron chi connectivity index (χ4n) is 2.10. The number of hydrogen-bond donors (Lipinski definition) is 1. The second-order valence-corrected chi connectivity index (χ2v) is 5.75. The molecule has 0 saturated heterocycles. The zero-order chi connectivity index (χ0) is 15.2. The molecule has 2 aromatic heterocycles. The summed E-state index contributed by atoms with van der Waals surface area (Å²) in [6.45, 7) is 6.09. The zero-order valence-corrected chi connectivity index (χ0v) is 13.9. The van der Waals surface area contributed by atoms with Crippen LogP contribution >= 0.6 is 15.9 Å². The van der Waals surface area contributed by atoms with E-state index in [-0.39, 0.29) is 5.91 Å². The number of imidazole rings is 1. The summed E-state index contributed by atoms with van der Waals surface area (Å²) >= 11 is 3.49. The van der Waals surface area contributed by atoms with Crippen molar-refractivity contribution < 1.29 is 4.79 Å². The van der Waals surface area contributed by atoms with Crippen LogP contribution in [0, 0.1) is 13.8 Å². The van der Waals surface area contributed by atoms with Gasteiger partial charge in [0.25, 0.3) is 0 Å². The van der Waals surface area contributed by atoms with Gasteiger partial charge in [0.2, 0.25) is 5.91 Å². The van der Waals surface area contributed by atoms with Gasteiger partial charge < -0.3 is 9.88 Å². The van der Waals surface area contributed by atoms with Crippen LogP contribution in [0.25, 0.3) is 0 Å². The first-order valence-electron chi connectivity index (χ1n) is 7.00. The van der Waals surface area contributed by atoms with E-state index in [1.54, 1.807) is 12.5 Å². The summed E-state index contributed by atoms with van der Waals surface area (Å²) in [4.78, 5) is 15.8. The third-order valence-electron chi connectivity index (χ3n) is 3.32. The molecule has 1 N–H and O–H groups in total. The summed E-state index contributed by atoms with van der Waals surface area (Å²) in [5.74, 6) is 0.0595. The topological polar surface area (TPSA) is 64.7 Å². The van der Waals surface area contributed by atoms with Crippen LogP contribution in [0.15, 0.2) is 23.2 Å². The molecule has 2 heterocycles. The highest BCUT2D eigenvalue weighted by Crippen LogP contribution is 2.19. The second kappa shape index (κ2) is 7.40. The van der Waals surface area contributed by atoms with Crippen molar-refractivity contribution in [1.29, 1.82) is 0 Å². The maximum Gasteiger partial charge on any atom is 0.221 e. The van der Waals surface area contributed by atoms with Gasteiger partial charge in [0.05, 0.1) is 23.0 Å². The molecule has 21 heavy (non-hydrogen) atoms. The van der Waals surface area contributed by atoms with Gasteiger partial charge in [0, 0.05) is 37.6 Å². The smallest absolute Gasteiger partial charge is 0.221 e. The summed E-state index contributed by atoms with van der Waals surface area (Å²) in [5, 5.41) is 7.32. The van der Waals surface area contributed by atoms with Crippen LogP contribution < -0.4 is 5.32 Å². The maximum absolute atomic E-state index is 11.8. The lowest BCUT2D eigenvalue weighted by molar-refractivity contribution is -0.121. The maximum atomic E-state index is 11.8. The molecule has 0 aliphatic rings. The molecule has 114 valence electrons. The molecule has 0 fully saturated rings. The van der Waals surface area contributed by atoms with Crippen molar-refractivity contribution in [1.82, 2.24) is 24.6 Å². The van der Waals surface area contributed by atoms with E-state index in [9.17, 15) is 4.79 Å². The molecule has 7 heteroatoms. The van der Waals surface area contributed by atoms with Gasteiger partial charge in [0.1, 0.15) is 0 Å². The normalized spacial score (nSPS) is 10.8. The minimum atomic E-state index is 0.0595. The van der Waals surface area contributed by atoms with Gasteiger partial charge in [-0.05, 0) is 36.2 Å². The van der Waals surface area contributed by atoms with Crippen LogP contribution in [0.2, 0.25) is 0 Å². The molecule has 2 rings (SSSR count). The van der Waals surface area contributed by atoms with Gasteiger partial charge in [-0.1, -0.05) is 0 Å². The summed E-state index contributed by atoms with van der Waals surface area (Å²) < 4.78 is 4.88. The Kier molecular flexibility index (Phi) is 5.55. The molecule has 0 saturated carbocycles. The van der Waals surface area contributed by atoms with E-state index in [0.29, 0.717) is 19.5 Å². The van der Waals surface area contributed by atoms with Crippen molar-refractivity contribution in [3.8, 4) is 0 Å². The first-order chi connectivity index (χ1) is 10.1. The monoisotopic (exact) mass is 353 g/mol. The average Bonchev–Trinajstić information content (AvgIpc) is 3.06. The molecule has 0 bridgehead atoms. The van der Waals surface area contributed by atoms with Crippen molar-refractivity contribution >= 4 is 21.8 Å². The predicted octanol–water partition coefficient (Wildman–Crippen LogP) is 2.06. The number of carbonyl (C=O) groups excluding carboxylic acids is 1. The summed E-state index contributed by atoms with van der Waals surface area (Å²) in [5.41, 5.74) is 2.01. The molecule has 0 unspecified atom stereocenters. The van der Waals surface area contributed by atoms with Gasteiger partial charge in [-0.3, -0.25) is 9.48 Å². The molecule has 2 aromatic rings. The van der Waals surface area contributed by atoms with Gasteiger partial charge >= 0.3 is 0 Å². The van der Waals surface area contributed by atoms with Crippen LogP contribution in [0.4, 0.5) is 0 Å². The van der Waals surface area contributed by atoms with E-state index in [4.69, 9.17) is 0 Å². The van der Waals surface area contributed by atoms with Gasteiger partial charge in [-0.15, -0.1) is 0 Å². The summed E-state index contributed by atoms with van der Waals surface area (Å²) in [7, 11) is 0. The minimum Gasteiger partial charge on any atom is -0.356 e. The molecule has 0 atom stereocenters. The average molecular weight is 354 g/mol. The molecular weight excluding hydrogens is 334 g/mol. The fourth-order valence-corrected chi connectivity index (χ4v) is 2.38. The quantitative estimate of drug-likeness (QED) is 0.774. The number of nitrogens with one attached hydrogen (secondary N) is 1. The number of amides is 1. The molecule has 1 amide bonds. The minimum absolute atomic E-state index is 0.0595. The Balaban J connectivity index is 1.66. The second-order valence-electron chi connectivity index (χ2n) is 4.96. The fraction of sp³-hybridized carbons (Fsp3) is 0.500. The molecule has 0 aromatic carbocycles. The number of aryl methyl sites for hydroxylation is 3. The predicted molar refractivity (Wildman–Crippen MR) is 83.9 cm³/mol. The van der Waals surface area contributed by atoms with Gasteiger partial charge in [-0.2, -0.15) is 5.10 Å². The van der Waals surface area contributed by atoms with E-state index >= 15 is 0 Å². The summed E-state index contributed by atoms with van der Waals surface area (Å²) in [6, 6.07) is 0. The molecule has 6 nitrogen and oxygen atoms in total. The lowest BCUT2D eigenvalue weighted by atomic mass is 10.3. The molecule has 0 spiro atoms. The lowest BCUT2D eigenvalue weighted by Crippen LogP contribution is -2.26. The third kappa shape index (κ3) is 4.42. The largest absolute Gasteiger partial charge is 0.356 e. The van der Waals surface area contributed by atoms with Crippen molar-refractivity contribution in [2.75, 3.05) is 6.54 Å². The van der Waals surface area contributed by atoms with Crippen molar-refractivity contribution in [3.05, 3.63) is 34.6 Å². The van der Waals surface area contributed by atoms with Crippen molar-refractivity contribution in [2.45, 2.75) is 39.8 Å². The number of carbonyl (C=O) groups is 1. The molecular formula is C14H20BrN5O. The highest BCUT2D eigenvalue weighted by Gasteiger charge is 2.09. The van der Waals surface area contributed by atoms with E-state index in [1.165, 1.54) is 0 Å². The molecule has 0 aliphatic carbocycles. The summed E-state index contributed by atoms with van der Waals surface area (Å²) in [6.07, 6.45) is 6.79. The number of nitrogens with zero attached hydrogens (tertiary/aromatic N) is 4. The number of hydrogen-bond acceptors (Lipinski definition) is 3. The number of aromatic nitrogens is 4. The van der Waals surface area contributed by atoms with E-state index in [1.807, 2.05) is 29.3 Å². The Morgan fingerprint density at radius 2 is 2.19 bits per heavy atom. The van der Waals surface area contributed by atoms with Gasteiger partial charge in [-0.25, -0.2) is 4.98 Å². The van der Waals surface area contributed by atoms with E-state index in [0.717, 1.165) is 28.8 Å². The van der Waals surface area contributed by atoms with Crippen molar-refractivity contribution in [3.63, 3.8) is 0 Å². The van der Waals surface area contributed by atoms with Crippen LogP contribution in [0.5, 0.6) is 0 Å². The standard InChI is InChI=1S/C14H20BrN5O/c1-11-14(15)12(2)20(18-11)8-4-13(21)17-5-3-7-19-9-6-16-10-19/h6,9-10H,3-5,7-8H2,1-2H3,(H,17,21). The first-order valence-corrected chi connectivity index (χ1v) is 7.79. The van der Waals surface area contributed by atoms with Crippen LogP contribution in [0.3, 0.4) is 0 Å². The van der Waals surface area contributed by atoms with E-state index < -0.39 is 0 Å². The molecule has 0 aliphatic heterocycles.